The van der Waals surface area contributed by atoms with Crippen LogP contribution in [-0.2, 0) is 0 Å². The Balaban J connectivity index is 1.55. The van der Waals surface area contributed by atoms with Gasteiger partial charge < -0.3 is 9.47 Å². The fourth-order valence-corrected chi connectivity index (χ4v) is 4.64. The first-order chi connectivity index (χ1) is 18.0. The van der Waals surface area contributed by atoms with Crippen LogP contribution < -0.4 is 9.47 Å². The van der Waals surface area contributed by atoms with Gasteiger partial charge in [-0.3, -0.25) is 0 Å². The van der Waals surface area contributed by atoms with Crippen LogP contribution >= 0.6 is 0 Å². The maximum atomic E-state index is 14.8. The zero-order valence-corrected chi connectivity index (χ0v) is 23.3. The molecule has 0 aliphatic rings. The molecule has 0 aliphatic heterocycles. The van der Waals surface area contributed by atoms with Crippen molar-refractivity contribution in [2.75, 3.05) is 0 Å². The second-order valence-corrected chi connectivity index (χ2v) is 10.3. The molecular formula is C34H45FO2. The van der Waals surface area contributed by atoms with Crippen LogP contribution in [0.1, 0.15) is 91.9 Å². The normalized spacial score (nSPS) is 12.8. The molecule has 3 aromatic carbocycles. The van der Waals surface area contributed by atoms with Crippen LogP contribution in [0.2, 0.25) is 0 Å². The topological polar surface area (TPSA) is 18.5 Å². The molecule has 3 rings (SSSR count). The Bertz CT molecular complexity index is 1040. The summed E-state index contributed by atoms with van der Waals surface area (Å²) in [5.41, 5.74) is 4.10. The van der Waals surface area contributed by atoms with E-state index < -0.39 is 0 Å². The molecule has 0 bridgehead atoms. The van der Waals surface area contributed by atoms with Crippen LogP contribution in [0.25, 0.3) is 22.3 Å². The van der Waals surface area contributed by atoms with E-state index >= 15 is 0 Å². The average Bonchev–Trinajstić information content (AvgIpc) is 2.91. The van der Waals surface area contributed by atoms with Gasteiger partial charge >= 0.3 is 0 Å². The van der Waals surface area contributed by atoms with Crippen molar-refractivity contribution in [3.63, 3.8) is 0 Å². The minimum Gasteiger partial charge on any atom is -0.491 e. The Morgan fingerprint density at radius 1 is 0.568 bits per heavy atom. The van der Waals surface area contributed by atoms with Crippen molar-refractivity contribution < 1.29 is 13.9 Å². The van der Waals surface area contributed by atoms with Crippen molar-refractivity contribution in [1.29, 1.82) is 0 Å². The Hall–Kier alpha value is -2.81. The van der Waals surface area contributed by atoms with E-state index in [0.29, 0.717) is 5.75 Å². The molecule has 3 heteroatoms. The van der Waals surface area contributed by atoms with Crippen LogP contribution in [0.4, 0.5) is 4.39 Å². The number of halogens is 1. The molecular weight excluding hydrogens is 459 g/mol. The van der Waals surface area contributed by atoms with E-state index in [1.165, 1.54) is 44.9 Å². The van der Waals surface area contributed by atoms with Crippen molar-refractivity contribution >= 4 is 0 Å². The average molecular weight is 505 g/mol. The van der Waals surface area contributed by atoms with Crippen LogP contribution in [0.15, 0.2) is 66.7 Å². The molecule has 0 unspecified atom stereocenters. The lowest BCUT2D eigenvalue weighted by molar-refractivity contribution is 0.197. The monoisotopic (exact) mass is 504 g/mol. The minimum absolute atomic E-state index is 0.0160. The van der Waals surface area contributed by atoms with E-state index in [4.69, 9.17) is 9.47 Å². The number of unbranched alkanes of at least 4 members (excludes halogenated alkanes) is 6. The van der Waals surface area contributed by atoms with E-state index in [9.17, 15) is 4.39 Å². The Morgan fingerprint density at radius 3 is 1.54 bits per heavy atom. The van der Waals surface area contributed by atoms with Gasteiger partial charge in [0.2, 0.25) is 0 Å². The van der Waals surface area contributed by atoms with Gasteiger partial charge in [-0.25, -0.2) is 4.39 Å². The standard InChI is InChI=1S/C34H45FO2/c1-5-7-9-11-13-26(3)36-32-22-19-29(20-23-32)28-15-17-30(18-16-28)31-21-24-34(33(35)25-31)37-27(4)14-12-10-8-6-2/h15-27H,5-14H2,1-4H3/t26-,27-/m1/s1. The van der Waals surface area contributed by atoms with Crippen molar-refractivity contribution in [1.82, 2.24) is 0 Å². The second-order valence-electron chi connectivity index (χ2n) is 10.3. The van der Waals surface area contributed by atoms with Crippen LogP contribution in [0, 0.1) is 5.82 Å². The van der Waals surface area contributed by atoms with Gasteiger partial charge in [0.05, 0.1) is 12.2 Å². The highest BCUT2D eigenvalue weighted by Crippen LogP contribution is 2.30. The number of hydrogen-bond acceptors (Lipinski definition) is 2. The first kappa shape index (κ1) is 28.8. The Labute approximate surface area is 224 Å². The van der Waals surface area contributed by atoms with Gasteiger partial charge in [0.1, 0.15) is 5.75 Å². The molecule has 0 radical (unpaired) electrons. The summed E-state index contributed by atoms with van der Waals surface area (Å²) >= 11 is 0. The summed E-state index contributed by atoms with van der Waals surface area (Å²) in [6.45, 7) is 8.61. The fraction of sp³-hybridized carbons (Fsp3) is 0.471. The molecule has 3 aromatic rings. The molecule has 0 N–H and O–H groups in total. The number of ether oxygens (including phenoxy) is 2. The summed E-state index contributed by atoms with van der Waals surface area (Å²) in [6.07, 6.45) is 12.1. The third-order valence-electron chi connectivity index (χ3n) is 6.93. The lowest BCUT2D eigenvalue weighted by atomic mass is 10.00. The molecule has 2 atom stereocenters. The molecule has 0 aliphatic carbocycles. The van der Waals surface area contributed by atoms with Gasteiger partial charge in [-0.05, 0) is 86.1 Å². The molecule has 0 aromatic heterocycles. The molecule has 2 nitrogen and oxygen atoms in total. The van der Waals surface area contributed by atoms with Crippen LogP contribution in [0.5, 0.6) is 11.5 Å². The highest BCUT2D eigenvalue weighted by Gasteiger charge is 2.11. The first-order valence-corrected chi connectivity index (χ1v) is 14.3. The SMILES string of the molecule is CCCCCC[C@@H](C)Oc1ccc(-c2ccc(-c3ccc(O[C@H](C)CCCCCC)c(F)c3)cc2)cc1. The van der Waals surface area contributed by atoms with E-state index in [2.05, 4.69) is 45.0 Å². The summed E-state index contributed by atoms with van der Waals surface area (Å²) < 4.78 is 26.7. The number of rotatable bonds is 16. The van der Waals surface area contributed by atoms with Crippen molar-refractivity contribution in [2.45, 2.75) is 104 Å². The van der Waals surface area contributed by atoms with Gasteiger partial charge in [0.15, 0.2) is 11.6 Å². The van der Waals surface area contributed by atoms with E-state index in [0.717, 1.165) is 47.3 Å². The van der Waals surface area contributed by atoms with E-state index in [-0.39, 0.29) is 18.0 Å². The largest absolute Gasteiger partial charge is 0.491 e. The Kier molecular flexibility index (Phi) is 12.0. The maximum absolute atomic E-state index is 14.8. The molecule has 0 fully saturated rings. The van der Waals surface area contributed by atoms with Crippen molar-refractivity contribution in [2.24, 2.45) is 0 Å². The third-order valence-corrected chi connectivity index (χ3v) is 6.93. The number of hydrogen-bond donors (Lipinski definition) is 0. The van der Waals surface area contributed by atoms with Crippen molar-refractivity contribution in [3.8, 4) is 33.8 Å². The lowest BCUT2D eigenvalue weighted by Gasteiger charge is -2.16. The molecule has 0 saturated heterocycles. The molecule has 0 saturated carbocycles. The predicted octanol–water partition coefficient (Wildman–Crippen LogP) is 10.6. The quantitative estimate of drug-likeness (QED) is 0.181. The van der Waals surface area contributed by atoms with Gasteiger partial charge in [0.25, 0.3) is 0 Å². The smallest absolute Gasteiger partial charge is 0.165 e. The van der Waals surface area contributed by atoms with E-state index in [1.54, 1.807) is 12.1 Å². The van der Waals surface area contributed by atoms with Gasteiger partial charge in [-0.15, -0.1) is 0 Å². The van der Waals surface area contributed by atoms with Crippen LogP contribution in [-0.4, -0.2) is 12.2 Å². The maximum Gasteiger partial charge on any atom is 0.165 e. The molecule has 0 spiro atoms. The highest BCUT2D eigenvalue weighted by atomic mass is 19.1. The highest BCUT2D eigenvalue weighted by molar-refractivity contribution is 5.71. The zero-order chi connectivity index (χ0) is 26.5. The minimum atomic E-state index is -0.308. The molecule has 0 heterocycles. The molecule has 200 valence electrons. The summed E-state index contributed by atoms with van der Waals surface area (Å²) in [5, 5.41) is 0. The number of benzene rings is 3. The Morgan fingerprint density at radius 2 is 1.03 bits per heavy atom. The predicted molar refractivity (Wildman–Crippen MR) is 155 cm³/mol. The summed E-state index contributed by atoms with van der Waals surface area (Å²) in [7, 11) is 0. The van der Waals surface area contributed by atoms with E-state index in [1.807, 2.05) is 37.3 Å². The summed E-state index contributed by atoms with van der Waals surface area (Å²) in [5.74, 6) is 0.939. The van der Waals surface area contributed by atoms with Gasteiger partial charge in [-0.2, -0.15) is 0 Å². The second kappa shape index (κ2) is 15.4. The first-order valence-electron chi connectivity index (χ1n) is 14.3. The summed E-state index contributed by atoms with van der Waals surface area (Å²) in [4.78, 5) is 0. The lowest BCUT2D eigenvalue weighted by Crippen LogP contribution is -2.12. The molecule has 0 amide bonds. The summed E-state index contributed by atoms with van der Waals surface area (Å²) in [6, 6.07) is 21.8. The third kappa shape index (κ3) is 9.54. The van der Waals surface area contributed by atoms with Crippen LogP contribution in [0.3, 0.4) is 0 Å². The van der Waals surface area contributed by atoms with Crippen molar-refractivity contribution in [3.05, 3.63) is 72.5 Å². The molecule has 37 heavy (non-hydrogen) atoms. The zero-order valence-electron chi connectivity index (χ0n) is 23.3. The fourth-order valence-electron chi connectivity index (χ4n) is 4.64. The van der Waals surface area contributed by atoms with Gasteiger partial charge in [-0.1, -0.05) is 94.8 Å². The van der Waals surface area contributed by atoms with Gasteiger partial charge in [0, 0.05) is 0 Å².